The van der Waals surface area contributed by atoms with Gasteiger partial charge in [0.15, 0.2) is 0 Å². The van der Waals surface area contributed by atoms with E-state index in [9.17, 15) is 24.2 Å². The number of phenols is 1. The van der Waals surface area contributed by atoms with E-state index < -0.39 is 23.5 Å². The molecule has 1 aliphatic heterocycles. The third-order valence-electron chi connectivity index (χ3n) is 5.74. The van der Waals surface area contributed by atoms with Gasteiger partial charge in [-0.25, -0.2) is 4.39 Å². The van der Waals surface area contributed by atoms with Crippen molar-refractivity contribution in [1.29, 1.82) is 0 Å². The number of ketones is 1. The van der Waals surface area contributed by atoms with Crippen molar-refractivity contribution in [2.24, 2.45) is 0 Å². The van der Waals surface area contributed by atoms with Crippen LogP contribution in [0.4, 0.5) is 4.39 Å². The molecule has 0 aliphatic carbocycles. The van der Waals surface area contributed by atoms with Gasteiger partial charge in [-0.3, -0.25) is 9.59 Å². The standard InChI is InChI=1S/C26H21ClFNO4/c1-14-3-4-15(2)19(11-14)24(31)22-23(17-7-10-21(30)20(27)12-17)29(26(33)25(22)32)13-16-5-8-18(28)9-6-16/h3-12,23,30-31H,13H2,1-2H3/b24-22+. The maximum absolute atomic E-state index is 13.4. The number of halogens is 2. The Morgan fingerprint density at radius 1 is 1.03 bits per heavy atom. The Morgan fingerprint density at radius 2 is 1.73 bits per heavy atom. The maximum Gasteiger partial charge on any atom is 0.295 e. The van der Waals surface area contributed by atoms with Crippen molar-refractivity contribution < 1.29 is 24.2 Å². The summed E-state index contributed by atoms with van der Waals surface area (Å²) in [7, 11) is 0. The van der Waals surface area contributed by atoms with Crippen LogP contribution in [0.25, 0.3) is 5.76 Å². The summed E-state index contributed by atoms with van der Waals surface area (Å²) in [4.78, 5) is 27.6. The van der Waals surface area contributed by atoms with Crippen molar-refractivity contribution in [3.8, 4) is 5.75 Å². The molecule has 0 spiro atoms. The number of hydrogen-bond acceptors (Lipinski definition) is 4. The van der Waals surface area contributed by atoms with Crippen molar-refractivity contribution in [3.63, 3.8) is 0 Å². The van der Waals surface area contributed by atoms with Gasteiger partial charge < -0.3 is 15.1 Å². The third-order valence-corrected chi connectivity index (χ3v) is 6.04. The maximum atomic E-state index is 13.4. The molecule has 7 heteroatoms. The summed E-state index contributed by atoms with van der Waals surface area (Å²) in [6.07, 6.45) is 0. The lowest BCUT2D eigenvalue weighted by atomic mass is 9.93. The average molecular weight is 466 g/mol. The number of phenolic OH excluding ortho intramolecular Hbond substituents is 1. The molecule has 3 aromatic carbocycles. The fourth-order valence-corrected chi connectivity index (χ4v) is 4.19. The van der Waals surface area contributed by atoms with E-state index >= 15 is 0 Å². The molecule has 1 heterocycles. The van der Waals surface area contributed by atoms with Crippen LogP contribution in [-0.4, -0.2) is 26.8 Å². The lowest BCUT2D eigenvalue weighted by Gasteiger charge is -2.26. The molecule has 33 heavy (non-hydrogen) atoms. The summed E-state index contributed by atoms with van der Waals surface area (Å²) in [5, 5.41) is 21.1. The van der Waals surface area contributed by atoms with Gasteiger partial charge in [0.05, 0.1) is 16.6 Å². The predicted octanol–water partition coefficient (Wildman–Crippen LogP) is 5.42. The van der Waals surface area contributed by atoms with Crippen LogP contribution in [0.3, 0.4) is 0 Å². The van der Waals surface area contributed by atoms with Crippen molar-refractivity contribution in [2.75, 3.05) is 0 Å². The average Bonchev–Trinajstić information content (AvgIpc) is 3.03. The quantitative estimate of drug-likeness (QED) is 0.306. The van der Waals surface area contributed by atoms with Crippen LogP contribution in [0.2, 0.25) is 5.02 Å². The molecule has 3 aromatic rings. The van der Waals surface area contributed by atoms with Crippen molar-refractivity contribution in [3.05, 3.63) is 105 Å². The molecule has 1 amide bonds. The Bertz CT molecular complexity index is 1300. The molecule has 0 saturated carbocycles. The highest BCUT2D eigenvalue weighted by molar-refractivity contribution is 6.46. The van der Waals surface area contributed by atoms with Crippen LogP contribution in [0, 0.1) is 19.7 Å². The van der Waals surface area contributed by atoms with E-state index in [1.807, 2.05) is 19.1 Å². The van der Waals surface area contributed by atoms with Gasteiger partial charge in [0.2, 0.25) is 0 Å². The number of amides is 1. The zero-order chi connectivity index (χ0) is 23.9. The second-order valence-electron chi connectivity index (χ2n) is 8.08. The van der Waals surface area contributed by atoms with Crippen LogP contribution in [0.15, 0.2) is 66.2 Å². The van der Waals surface area contributed by atoms with Gasteiger partial charge in [-0.2, -0.15) is 0 Å². The SMILES string of the molecule is Cc1ccc(C)c(/C(O)=C2\C(=O)C(=O)N(Cc3ccc(F)cc3)C2c2ccc(O)c(Cl)c2)c1. The Balaban J connectivity index is 1.91. The molecule has 1 fully saturated rings. The second kappa shape index (κ2) is 8.71. The molecule has 0 radical (unpaired) electrons. The lowest BCUT2D eigenvalue weighted by molar-refractivity contribution is -0.140. The van der Waals surface area contributed by atoms with Crippen LogP contribution in [0.5, 0.6) is 5.75 Å². The van der Waals surface area contributed by atoms with E-state index in [0.717, 1.165) is 11.1 Å². The number of carbonyl (C=O) groups is 2. The van der Waals surface area contributed by atoms with E-state index in [1.54, 1.807) is 19.1 Å². The van der Waals surface area contributed by atoms with Gasteiger partial charge in [0, 0.05) is 12.1 Å². The number of aromatic hydroxyl groups is 1. The number of Topliss-reactive ketones (excluding diaryl/α,β-unsaturated/α-hetero) is 1. The monoisotopic (exact) mass is 465 g/mol. The van der Waals surface area contributed by atoms with Crippen LogP contribution in [0.1, 0.15) is 33.9 Å². The second-order valence-corrected chi connectivity index (χ2v) is 8.49. The fraction of sp³-hybridized carbons (Fsp3) is 0.154. The van der Waals surface area contributed by atoms with Crippen LogP contribution >= 0.6 is 11.6 Å². The number of nitrogens with zero attached hydrogens (tertiary/aromatic N) is 1. The Kier molecular flexibility index (Phi) is 5.95. The van der Waals surface area contributed by atoms with Gasteiger partial charge in [0.1, 0.15) is 17.3 Å². The number of rotatable bonds is 4. The van der Waals surface area contributed by atoms with Gasteiger partial charge in [-0.05, 0) is 60.9 Å². The third kappa shape index (κ3) is 4.22. The largest absolute Gasteiger partial charge is 0.507 e. The molecule has 0 bridgehead atoms. The van der Waals surface area contributed by atoms with Gasteiger partial charge in [0.25, 0.3) is 11.7 Å². The lowest BCUT2D eigenvalue weighted by Crippen LogP contribution is -2.29. The Hall–Kier alpha value is -3.64. The summed E-state index contributed by atoms with van der Waals surface area (Å²) in [5.41, 5.74) is 3.06. The first kappa shape index (κ1) is 22.6. The predicted molar refractivity (Wildman–Crippen MR) is 123 cm³/mol. The minimum absolute atomic E-state index is 0.0115. The first-order valence-corrected chi connectivity index (χ1v) is 10.6. The number of aryl methyl sites for hydroxylation is 2. The highest BCUT2D eigenvalue weighted by atomic mass is 35.5. The van der Waals surface area contributed by atoms with Crippen molar-refractivity contribution in [1.82, 2.24) is 4.90 Å². The van der Waals surface area contributed by atoms with Crippen molar-refractivity contribution >= 4 is 29.1 Å². The van der Waals surface area contributed by atoms with E-state index in [1.165, 1.54) is 41.3 Å². The first-order valence-electron chi connectivity index (χ1n) is 10.3. The number of likely N-dealkylation sites (tertiary alicyclic amines) is 1. The van der Waals surface area contributed by atoms with Crippen molar-refractivity contribution in [2.45, 2.75) is 26.4 Å². The number of benzene rings is 3. The van der Waals surface area contributed by atoms with E-state index in [0.29, 0.717) is 16.7 Å². The fourth-order valence-electron chi connectivity index (χ4n) is 4.01. The summed E-state index contributed by atoms with van der Waals surface area (Å²) >= 11 is 6.12. The molecule has 0 aromatic heterocycles. The zero-order valence-electron chi connectivity index (χ0n) is 18.0. The summed E-state index contributed by atoms with van der Waals surface area (Å²) in [5.74, 6) is -2.47. The molecule has 5 nitrogen and oxygen atoms in total. The first-order chi connectivity index (χ1) is 15.7. The minimum atomic E-state index is -0.951. The number of aliphatic hydroxyl groups is 1. The van der Waals surface area contributed by atoms with Crippen LogP contribution < -0.4 is 0 Å². The molecule has 1 unspecified atom stereocenters. The summed E-state index contributed by atoms with van der Waals surface area (Å²) in [6, 6.07) is 14.5. The Labute approximate surface area is 195 Å². The minimum Gasteiger partial charge on any atom is -0.507 e. The number of carbonyl (C=O) groups excluding carboxylic acids is 2. The van der Waals surface area contributed by atoms with Gasteiger partial charge >= 0.3 is 0 Å². The van der Waals surface area contributed by atoms with Gasteiger partial charge in [-0.1, -0.05) is 47.5 Å². The zero-order valence-corrected chi connectivity index (χ0v) is 18.7. The Morgan fingerprint density at radius 3 is 2.39 bits per heavy atom. The molecule has 1 saturated heterocycles. The summed E-state index contributed by atoms with van der Waals surface area (Å²) in [6.45, 7) is 3.67. The molecular weight excluding hydrogens is 445 g/mol. The molecule has 168 valence electrons. The molecular formula is C26H21ClFNO4. The molecule has 4 rings (SSSR count). The highest BCUT2D eigenvalue weighted by Crippen LogP contribution is 2.42. The molecule has 2 N–H and O–H groups in total. The topological polar surface area (TPSA) is 77.8 Å². The number of aliphatic hydroxyl groups excluding tert-OH is 1. The van der Waals surface area contributed by atoms with Crippen LogP contribution in [-0.2, 0) is 16.1 Å². The smallest absolute Gasteiger partial charge is 0.295 e. The van der Waals surface area contributed by atoms with Gasteiger partial charge in [-0.15, -0.1) is 0 Å². The normalized spacial score (nSPS) is 17.6. The number of hydrogen-bond donors (Lipinski definition) is 2. The summed E-state index contributed by atoms with van der Waals surface area (Å²) < 4.78 is 13.4. The van der Waals surface area contributed by atoms with E-state index in [4.69, 9.17) is 11.6 Å². The van der Waals surface area contributed by atoms with E-state index in [-0.39, 0.29) is 28.6 Å². The molecule has 1 aliphatic rings. The molecule has 1 atom stereocenters. The highest BCUT2D eigenvalue weighted by Gasteiger charge is 2.46. The van der Waals surface area contributed by atoms with E-state index in [2.05, 4.69) is 0 Å².